The number of fused-ring (bicyclic) bond motifs is 2. The molecule has 2 atom stereocenters. The van der Waals surface area contributed by atoms with E-state index >= 15 is 0 Å². The second kappa shape index (κ2) is 2.12. The lowest BCUT2D eigenvalue weighted by atomic mass is 10.0. The Balaban J connectivity index is 2.21. The minimum Gasteiger partial charge on any atom is -0.0874 e. The van der Waals surface area contributed by atoms with Crippen LogP contribution in [-0.2, 0) is 0 Å². The van der Waals surface area contributed by atoms with Crippen molar-refractivity contribution in [2.24, 2.45) is 11.8 Å². The van der Waals surface area contributed by atoms with Crippen molar-refractivity contribution in [3.63, 3.8) is 0 Å². The van der Waals surface area contributed by atoms with Crippen molar-refractivity contribution in [1.82, 2.24) is 0 Å². The van der Waals surface area contributed by atoms with E-state index in [-0.39, 0.29) is 0 Å². The first-order valence-corrected chi connectivity index (χ1v) is 3.93. The summed E-state index contributed by atoms with van der Waals surface area (Å²) in [5, 5.41) is 0. The van der Waals surface area contributed by atoms with E-state index in [0.717, 1.165) is 11.8 Å². The van der Waals surface area contributed by atoms with Gasteiger partial charge in [-0.25, -0.2) is 0 Å². The van der Waals surface area contributed by atoms with E-state index in [4.69, 9.17) is 0 Å². The van der Waals surface area contributed by atoms with Gasteiger partial charge in [-0.2, -0.15) is 0 Å². The third kappa shape index (κ3) is 0.756. The van der Waals surface area contributed by atoms with Gasteiger partial charge in [-0.3, -0.25) is 0 Å². The van der Waals surface area contributed by atoms with E-state index in [1.807, 2.05) is 0 Å². The summed E-state index contributed by atoms with van der Waals surface area (Å²) < 4.78 is 0. The van der Waals surface area contributed by atoms with E-state index in [9.17, 15) is 0 Å². The Hall–Kier alpha value is -0.780. The maximum atomic E-state index is 2.38. The highest BCUT2D eigenvalue weighted by atomic mass is 14.3. The topological polar surface area (TPSA) is 0 Å². The van der Waals surface area contributed by atoms with Gasteiger partial charge in [0.25, 0.3) is 0 Å². The summed E-state index contributed by atoms with van der Waals surface area (Å²) in [5.74, 6) is 1.51. The molecule has 0 N–H and O–H groups in total. The van der Waals surface area contributed by atoms with E-state index < -0.39 is 0 Å². The second-order valence-electron chi connectivity index (χ2n) is 3.06. The van der Waals surface area contributed by atoms with Crippen molar-refractivity contribution in [3.8, 4) is 0 Å². The molecule has 2 unspecified atom stereocenters. The van der Waals surface area contributed by atoms with Crippen LogP contribution >= 0.6 is 0 Å². The fraction of sp³-hybridized carbons (Fsp3) is 0.400. The average molecular weight is 132 g/mol. The summed E-state index contributed by atoms with van der Waals surface area (Å²) in [6.45, 7) is 2.08. The Morgan fingerprint density at radius 3 is 2.90 bits per heavy atom. The molecule has 0 radical (unpaired) electrons. The standard InChI is InChI=1S/C10H12/c1-2-3-9-6-8-4-5-10(9)7-8/h2-6,8,10H,7H2,1H3/b3-2-. The Morgan fingerprint density at radius 1 is 1.50 bits per heavy atom. The molecule has 0 spiro atoms. The minimum atomic E-state index is 0.751. The molecule has 0 nitrogen and oxygen atoms in total. The molecule has 0 aliphatic heterocycles. The SMILES string of the molecule is C/C=C\C1=CC2C=CC1C2. The second-order valence-corrected chi connectivity index (χ2v) is 3.06. The summed E-state index contributed by atoms with van der Waals surface area (Å²) in [7, 11) is 0. The van der Waals surface area contributed by atoms with Gasteiger partial charge in [-0.05, 0) is 24.8 Å². The number of allylic oxidation sites excluding steroid dienone is 6. The first kappa shape index (κ1) is 5.96. The number of hydrogen-bond acceptors (Lipinski definition) is 0. The van der Waals surface area contributed by atoms with Crippen LogP contribution < -0.4 is 0 Å². The van der Waals surface area contributed by atoms with Crippen molar-refractivity contribution >= 4 is 0 Å². The van der Waals surface area contributed by atoms with Crippen molar-refractivity contribution in [1.29, 1.82) is 0 Å². The molecule has 0 amide bonds. The fourth-order valence-electron chi connectivity index (χ4n) is 1.84. The lowest BCUT2D eigenvalue weighted by Crippen LogP contribution is -1.88. The molecule has 2 aliphatic carbocycles. The molecular formula is C10H12. The van der Waals surface area contributed by atoms with Crippen molar-refractivity contribution in [3.05, 3.63) is 36.0 Å². The Labute approximate surface area is 61.9 Å². The molecule has 0 aromatic rings. The monoisotopic (exact) mass is 132 g/mol. The number of rotatable bonds is 1. The van der Waals surface area contributed by atoms with Crippen LogP contribution in [0.1, 0.15) is 13.3 Å². The normalized spacial score (nSPS) is 35.9. The van der Waals surface area contributed by atoms with Crippen LogP contribution in [0.3, 0.4) is 0 Å². The molecule has 0 heteroatoms. The molecule has 0 saturated carbocycles. The van der Waals surface area contributed by atoms with Crippen LogP contribution in [0.5, 0.6) is 0 Å². The quantitative estimate of drug-likeness (QED) is 0.481. The van der Waals surface area contributed by atoms with Gasteiger partial charge in [0.2, 0.25) is 0 Å². The van der Waals surface area contributed by atoms with E-state index in [2.05, 4.69) is 37.3 Å². The summed E-state index contributed by atoms with van der Waals surface area (Å²) in [6, 6.07) is 0. The molecule has 2 rings (SSSR count). The highest BCUT2D eigenvalue weighted by Gasteiger charge is 2.25. The summed E-state index contributed by atoms with van der Waals surface area (Å²) in [5.41, 5.74) is 1.52. The molecule has 2 aliphatic rings. The van der Waals surface area contributed by atoms with Gasteiger partial charge in [0.05, 0.1) is 0 Å². The van der Waals surface area contributed by atoms with Crippen LogP contribution in [0.2, 0.25) is 0 Å². The Kier molecular flexibility index (Phi) is 1.26. The zero-order chi connectivity index (χ0) is 6.97. The third-order valence-corrected chi connectivity index (χ3v) is 2.31. The van der Waals surface area contributed by atoms with Gasteiger partial charge in [0.15, 0.2) is 0 Å². The van der Waals surface area contributed by atoms with Crippen molar-refractivity contribution in [2.45, 2.75) is 13.3 Å². The highest BCUT2D eigenvalue weighted by Crippen LogP contribution is 2.38. The number of hydrogen-bond donors (Lipinski definition) is 0. The van der Waals surface area contributed by atoms with Crippen LogP contribution in [0, 0.1) is 11.8 Å². The van der Waals surface area contributed by atoms with Gasteiger partial charge in [-0.15, -0.1) is 0 Å². The zero-order valence-corrected chi connectivity index (χ0v) is 6.25. The summed E-state index contributed by atoms with van der Waals surface area (Å²) in [4.78, 5) is 0. The molecule has 0 aromatic heterocycles. The predicted octanol–water partition coefficient (Wildman–Crippen LogP) is 2.69. The molecular weight excluding hydrogens is 120 g/mol. The van der Waals surface area contributed by atoms with E-state index in [0.29, 0.717) is 0 Å². The Morgan fingerprint density at radius 2 is 2.40 bits per heavy atom. The van der Waals surface area contributed by atoms with Gasteiger partial charge >= 0.3 is 0 Å². The van der Waals surface area contributed by atoms with Crippen LogP contribution in [0.25, 0.3) is 0 Å². The maximum absolute atomic E-state index is 2.38. The van der Waals surface area contributed by atoms with Crippen LogP contribution in [0.4, 0.5) is 0 Å². The van der Waals surface area contributed by atoms with Crippen molar-refractivity contribution in [2.75, 3.05) is 0 Å². The van der Waals surface area contributed by atoms with Crippen LogP contribution in [-0.4, -0.2) is 0 Å². The van der Waals surface area contributed by atoms with E-state index in [1.54, 1.807) is 0 Å². The van der Waals surface area contributed by atoms with Gasteiger partial charge in [-0.1, -0.05) is 30.4 Å². The molecule has 2 bridgehead atoms. The molecule has 0 saturated heterocycles. The molecule has 10 heavy (non-hydrogen) atoms. The zero-order valence-electron chi connectivity index (χ0n) is 6.25. The first-order valence-electron chi connectivity index (χ1n) is 3.93. The van der Waals surface area contributed by atoms with Gasteiger partial charge < -0.3 is 0 Å². The summed E-state index contributed by atoms with van der Waals surface area (Å²) >= 11 is 0. The largest absolute Gasteiger partial charge is 0.0874 e. The molecule has 0 heterocycles. The average Bonchev–Trinajstić information content (AvgIpc) is 2.48. The Bertz CT molecular complexity index is 218. The summed E-state index contributed by atoms with van der Waals surface area (Å²) in [6.07, 6.45) is 12.7. The lowest BCUT2D eigenvalue weighted by molar-refractivity contribution is 0.721. The highest BCUT2D eigenvalue weighted by molar-refractivity contribution is 5.36. The van der Waals surface area contributed by atoms with E-state index in [1.165, 1.54) is 12.0 Å². The predicted molar refractivity (Wildman–Crippen MR) is 43.6 cm³/mol. The third-order valence-electron chi connectivity index (χ3n) is 2.31. The smallest absolute Gasteiger partial charge is 0.00237 e. The molecule has 0 aromatic carbocycles. The lowest BCUT2D eigenvalue weighted by Gasteiger charge is -2.02. The molecule has 0 fully saturated rings. The van der Waals surface area contributed by atoms with Gasteiger partial charge in [0, 0.05) is 5.92 Å². The van der Waals surface area contributed by atoms with Crippen molar-refractivity contribution < 1.29 is 0 Å². The minimum absolute atomic E-state index is 0.751. The molecule has 52 valence electrons. The fourth-order valence-corrected chi connectivity index (χ4v) is 1.84. The van der Waals surface area contributed by atoms with Gasteiger partial charge in [0.1, 0.15) is 0 Å². The first-order chi connectivity index (χ1) is 4.90. The van der Waals surface area contributed by atoms with Crippen LogP contribution in [0.15, 0.2) is 36.0 Å². The maximum Gasteiger partial charge on any atom is 0.00237 e.